The maximum absolute atomic E-state index is 10.9. The van der Waals surface area contributed by atoms with Crippen molar-refractivity contribution in [2.45, 2.75) is 6.42 Å². The van der Waals surface area contributed by atoms with Gasteiger partial charge in [0, 0.05) is 35.2 Å². The van der Waals surface area contributed by atoms with Gasteiger partial charge in [-0.25, -0.2) is 19.9 Å². The minimum absolute atomic E-state index is 0.0759. The SMILES string of the molecule is Nc1nc(CCNc2ccc([N+](=O)[O-])c(N)n2)c(-c2cnc[nH]2)c(-c2ccc(Cl)cc2Cl)n1. The number of hydrogen-bond acceptors (Lipinski definition) is 9. The van der Waals surface area contributed by atoms with Crippen LogP contribution in [0.15, 0.2) is 42.9 Å². The standard InChI is InChI=1S/C20H17Cl2N9O2/c21-10-1-2-11(12(22)7-10)18-17(14-8-25-9-27-14)13(28-20(24)30-18)5-6-26-16-4-3-15(31(32)33)19(23)29-16/h1-4,7-9H,5-6H2,(H,25,27)(H3,23,26,29)(H2,24,28,30). The molecule has 4 rings (SSSR count). The minimum Gasteiger partial charge on any atom is -0.378 e. The third-order valence-electron chi connectivity index (χ3n) is 4.72. The van der Waals surface area contributed by atoms with E-state index in [-0.39, 0.29) is 17.5 Å². The van der Waals surface area contributed by atoms with Gasteiger partial charge in [0.05, 0.1) is 39.6 Å². The molecule has 0 aliphatic carbocycles. The van der Waals surface area contributed by atoms with E-state index in [4.69, 9.17) is 34.7 Å². The van der Waals surface area contributed by atoms with Crippen LogP contribution in [0.2, 0.25) is 10.0 Å². The highest BCUT2D eigenvalue weighted by atomic mass is 35.5. The summed E-state index contributed by atoms with van der Waals surface area (Å²) in [6.45, 7) is 0.385. The molecule has 3 aromatic heterocycles. The lowest BCUT2D eigenvalue weighted by atomic mass is 10.0. The van der Waals surface area contributed by atoms with Gasteiger partial charge in [0.15, 0.2) is 0 Å². The van der Waals surface area contributed by atoms with Crippen LogP contribution in [0.5, 0.6) is 0 Å². The molecule has 168 valence electrons. The van der Waals surface area contributed by atoms with Crippen LogP contribution >= 0.6 is 23.2 Å². The molecule has 0 aliphatic heterocycles. The summed E-state index contributed by atoms with van der Waals surface area (Å²) in [5, 5.41) is 14.9. The van der Waals surface area contributed by atoms with E-state index in [0.717, 1.165) is 0 Å². The second kappa shape index (κ2) is 9.27. The van der Waals surface area contributed by atoms with Crippen LogP contribution < -0.4 is 16.8 Å². The molecule has 0 saturated carbocycles. The van der Waals surface area contributed by atoms with Gasteiger partial charge in [-0.3, -0.25) is 10.1 Å². The Balaban J connectivity index is 1.68. The topological polar surface area (TPSA) is 175 Å². The zero-order valence-corrected chi connectivity index (χ0v) is 18.4. The monoisotopic (exact) mass is 485 g/mol. The molecule has 0 amide bonds. The van der Waals surface area contributed by atoms with Gasteiger partial charge in [-0.05, 0) is 24.3 Å². The van der Waals surface area contributed by atoms with Gasteiger partial charge < -0.3 is 21.8 Å². The Bertz CT molecular complexity index is 1330. The van der Waals surface area contributed by atoms with Gasteiger partial charge in [0.25, 0.3) is 0 Å². The molecule has 0 unspecified atom stereocenters. The number of nitro groups is 1. The summed E-state index contributed by atoms with van der Waals surface area (Å²) in [7, 11) is 0. The summed E-state index contributed by atoms with van der Waals surface area (Å²) in [5.74, 6) is 0.297. The van der Waals surface area contributed by atoms with Crippen molar-refractivity contribution in [2.24, 2.45) is 0 Å². The number of nitrogen functional groups attached to an aromatic ring is 2. The van der Waals surface area contributed by atoms with Crippen LogP contribution in [-0.2, 0) is 6.42 Å². The van der Waals surface area contributed by atoms with Crippen molar-refractivity contribution in [3.05, 3.63) is 68.7 Å². The summed E-state index contributed by atoms with van der Waals surface area (Å²) in [6.07, 6.45) is 3.61. The number of hydrogen-bond donors (Lipinski definition) is 4. The van der Waals surface area contributed by atoms with Crippen molar-refractivity contribution in [1.29, 1.82) is 0 Å². The maximum atomic E-state index is 10.9. The molecule has 0 radical (unpaired) electrons. The quantitative estimate of drug-likeness (QED) is 0.223. The van der Waals surface area contributed by atoms with Crippen molar-refractivity contribution < 1.29 is 4.92 Å². The second-order valence-electron chi connectivity index (χ2n) is 6.88. The Labute approximate surface area is 197 Å². The van der Waals surface area contributed by atoms with Crippen LogP contribution in [0, 0.1) is 10.1 Å². The van der Waals surface area contributed by atoms with E-state index in [1.165, 1.54) is 12.1 Å². The number of aromatic nitrogens is 5. The molecule has 33 heavy (non-hydrogen) atoms. The van der Waals surface area contributed by atoms with Crippen molar-refractivity contribution in [3.8, 4) is 22.5 Å². The molecular formula is C20H17Cl2N9O2. The third kappa shape index (κ3) is 4.78. The Hall–Kier alpha value is -3.96. The molecule has 0 aliphatic rings. The van der Waals surface area contributed by atoms with E-state index in [0.29, 0.717) is 57.0 Å². The van der Waals surface area contributed by atoms with Crippen LogP contribution in [-0.4, -0.2) is 36.4 Å². The second-order valence-corrected chi connectivity index (χ2v) is 7.72. The van der Waals surface area contributed by atoms with Gasteiger partial charge in [-0.2, -0.15) is 0 Å². The molecule has 0 atom stereocenters. The fourth-order valence-corrected chi connectivity index (χ4v) is 3.79. The summed E-state index contributed by atoms with van der Waals surface area (Å²) in [4.78, 5) is 30.4. The Morgan fingerprint density at radius 1 is 1.12 bits per heavy atom. The number of nitrogens with two attached hydrogens (primary N) is 2. The number of aromatic amines is 1. The molecule has 0 spiro atoms. The van der Waals surface area contributed by atoms with Crippen LogP contribution in [0.25, 0.3) is 22.5 Å². The molecule has 4 aromatic rings. The lowest BCUT2D eigenvalue weighted by Gasteiger charge is -2.15. The highest BCUT2D eigenvalue weighted by Crippen LogP contribution is 2.37. The van der Waals surface area contributed by atoms with Crippen molar-refractivity contribution in [2.75, 3.05) is 23.3 Å². The van der Waals surface area contributed by atoms with E-state index in [9.17, 15) is 10.1 Å². The number of H-pyrrole nitrogens is 1. The van der Waals surface area contributed by atoms with Crippen LogP contribution in [0.3, 0.4) is 0 Å². The first-order valence-electron chi connectivity index (χ1n) is 9.59. The van der Waals surface area contributed by atoms with Crippen molar-refractivity contribution >= 4 is 46.5 Å². The number of pyridine rings is 1. The molecule has 6 N–H and O–H groups in total. The molecule has 3 heterocycles. The summed E-state index contributed by atoms with van der Waals surface area (Å²) < 4.78 is 0. The van der Waals surface area contributed by atoms with E-state index >= 15 is 0 Å². The molecule has 1 aromatic carbocycles. The average Bonchev–Trinajstić information content (AvgIpc) is 3.27. The van der Waals surface area contributed by atoms with E-state index in [2.05, 4.69) is 30.2 Å². The first kappa shape index (κ1) is 22.2. The van der Waals surface area contributed by atoms with E-state index in [1.54, 1.807) is 30.7 Å². The first-order chi connectivity index (χ1) is 15.8. The van der Waals surface area contributed by atoms with Gasteiger partial charge in [-0.15, -0.1) is 0 Å². The number of nitrogens with one attached hydrogen (secondary N) is 2. The van der Waals surface area contributed by atoms with Gasteiger partial charge in [-0.1, -0.05) is 23.2 Å². The highest BCUT2D eigenvalue weighted by molar-refractivity contribution is 6.36. The zero-order valence-electron chi connectivity index (χ0n) is 16.9. The van der Waals surface area contributed by atoms with Crippen molar-refractivity contribution in [3.63, 3.8) is 0 Å². The maximum Gasteiger partial charge on any atom is 0.311 e. The van der Waals surface area contributed by atoms with Gasteiger partial charge >= 0.3 is 5.69 Å². The Morgan fingerprint density at radius 2 is 1.94 bits per heavy atom. The summed E-state index contributed by atoms with van der Waals surface area (Å²) in [5.41, 5.74) is 14.6. The van der Waals surface area contributed by atoms with Crippen molar-refractivity contribution in [1.82, 2.24) is 24.9 Å². The molecule has 0 saturated heterocycles. The molecule has 0 bridgehead atoms. The number of rotatable bonds is 7. The highest BCUT2D eigenvalue weighted by Gasteiger charge is 2.20. The number of imidazole rings is 1. The Kier molecular flexibility index (Phi) is 6.24. The fraction of sp³-hybridized carbons (Fsp3) is 0.100. The average molecular weight is 486 g/mol. The lowest BCUT2D eigenvalue weighted by Crippen LogP contribution is -2.12. The number of benzene rings is 1. The van der Waals surface area contributed by atoms with Gasteiger partial charge in [0.1, 0.15) is 5.82 Å². The molecular weight excluding hydrogens is 469 g/mol. The normalized spacial score (nSPS) is 10.8. The van der Waals surface area contributed by atoms with E-state index in [1.807, 2.05) is 0 Å². The molecule has 11 nitrogen and oxygen atoms in total. The van der Waals surface area contributed by atoms with Crippen LogP contribution in [0.1, 0.15) is 5.69 Å². The Morgan fingerprint density at radius 3 is 2.61 bits per heavy atom. The largest absolute Gasteiger partial charge is 0.378 e. The van der Waals surface area contributed by atoms with Crippen LogP contribution in [0.4, 0.5) is 23.3 Å². The van der Waals surface area contributed by atoms with E-state index < -0.39 is 4.92 Å². The smallest absolute Gasteiger partial charge is 0.311 e. The number of nitrogens with zero attached hydrogens (tertiary/aromatic N) is 5. The fourth-order valence-electron chi connectivity index (χ4n) is 3.29. The zero-order chi connectivity index (χ0) is 23.5. The predicted molar refractivity (Wildman–Crippen MR) is 127 cm³/mol. The minimum atomic E-state index is -0.587. The number of halogens is 2. The summed E-state index contributed by atoms with van der Waals surface area (Å²) >= 11 is 12.5. The first-order valence-corrected chi connectivity index (χ1v) is 10.3. The van der Waals surface area contributed by atoms with Gasteiger partial charge in [0.2, 0.25) is 11.8 Å². The third-order valence-corrected chi connectivity index (χ3v) is 5.27. The predicted octanol–water partition coefficient (Wildman–Crippen LogP) is 3.96. The number of anilines is 3. The summed E-state index contributed by atoms with van der Waals surface area (Å²) in [6, 6.07) is 7.88. The molecule has 0 fully saturated rings. The lowest BCUT2D eigenvalue weighted by molar-refractivity contribution is -0.384. The molecule has 13 heteroatoms.